The molecule has 0 saturated heterocycles. The lowest BCUT2D eigenvalue weighted by molar-refractivity contribution is 0.0895. The first kappa shape index (κ1) is 19.3. The Morgan fingerprint density at radius 1 is 1.03 bits per heavy atom. The lowest BCUT2D eigenvalue weighted by Gasteiger charge is -2.29. The number of fused-ring (bicyclic) bond motifs is 1. The second-order valence-corrected chi connectivity index (χ2v) is 7.98. The van der Waals surface area contributed by atoms with Crippen molar-refractivity contribution < 1.29 is 9.53 Å². The van der Waals surface area contributed by atoms with Gasteiger partial charge in [0.1, 0.15) is 5.75 Å². The molecule has 29 heavy (non-hydrogen) atoms. The number of nitrogens with zero attached hydrogens (tertiary/aromatic N) is 2. The van der Waals surface area contributed by atoms with Crippen molar-refractivity contribution in [2.24, 2.45) is 14.1 Å². The molecule has 1 N–H and O–H groups in total. The first-order chi connectivity index (χ1) is 13.9. The number of pyridine rings is 1. The summed E-state index contributed by atoms with van der Waals surface area (Å²) in [6.45, 7) is 1.96. The molecule has 1 fully saturated rings. The normalized spacial score (nSPS) is 19.3. The van der Waals surface area contributed by atoms with E-state index in [0.29, 0.717) is 10.9 Å². The second-order valence-electron chi connectivity index (χ2n) is 7.98. The van der Waals surface area contributed by atoms with Crippen LogP contribution in [0.5, 0.6) is 5.75 Å². The van der Waals surface area contributed by atoms with Gasteiger partial charge in [0.05, 0.1) is 22.6 Å². The molecule has 0 spiro atoms. The SMILES string of the molecule is Cc1cn(C)c(=O)c2c(C(=O)NC3CCC(Oc4ccccc4)CC3)cn(C)c12. The van der Waals surface area contributed by atoms with Crippen LogP contribution in [-0.2, 0) is 14.1 Å². The minimum absolute atomic E-state index is 0.0991. The molecular weight excluding hydrogens is 366 g/mol. The quantitative estimate of drug-likeness (QED) is 0.740. The van der Waals surface area contributed by atoms with E-state index in [9.17, 15) is 9.59 Å². The third-order valence-corrected chi connectivity index (χ3v) is 5.78. The number of carbonyl (C=O) groups is 1. The molecule has 0 aliphatic heterocycles. The van der Waals surface area contributed by atoms with Crippen LogP contribution in [0.2, 0.25) is 0 Å². The summed E-state index contributed by atoms with van der Waals surface area (Å²) in [5, 5.41) is 3.63. The number of hydrogen-bond acceptors (Lipinski definition) is 3. The highest BCUT2D eigenvalue weighted by atomic mass is 16.5. The van der Waals surface area contributed by atoms with Crippen LogP contribution in [0, 0.1) is 6.92 Å². The molecule has 0 radical (unpaired) electrons. The van der Waals surface area contributed by atoms with E-state index in [1.165, 1.54) is 0 Å². The Kier molecular flexibility index (Phi) is 5.18. The van der Waals surface area contributed by atoms with E-state index in [2.05, 4.69) is 5.32 Å². The molecule has 2 aromatic heterocycles. The van der Waals surface area contributed by atoms with Crippen LogP contribution in [0.25, 0.3) is 10.9 Å². The molecule has 1 aromatic carbocycles. The molecule has 3 aromatic rings. The van der Waals surface area contributed by atoms with Crippen LogP contribution in [0.3, 0.4) is 0 Å². The molecule has 4 rings (SSSR count). The highest BCUT2D eigenvalue weighted by Gasteiger charge is 2.26. The summed E-state index contributed by atoms with van der Waals surface area (Å²) in [6.07, 6.45) is 7.28. The van der Waals surface area contributed by atoms with Crippen molar-refractivity contribution in [3.63, 3.8) is 0 Å². The number of amides is 1. The van der Waals surface area contributed by atoms with Gasteiger partial charge in [0.15, 0.2) is 0 Å². The molecular formula is C23H27N3O3. The zero-order valence-electron chi connectivity index (χ0n) is 17.1. The van der Waals surface area contributed by atoms with Crippen molar-refractivity contribution in [2.75, 3.05) is 0 Å². The topological polar surface area (TPSA) is 65.3 Å². The molecule has 1 saturated carbocycles. The first-order valence-electron chi connectivity index (χ1n) is 10.1. The molecule has 1 aliphatic carbocycles. The van der Waals surface area contributed by atoms with Crippen LogP contribution < -0.4 is 15.6 Å². The number of benzene rings is 1. The predicted octanol–water partition coefficient (Wildman–Crippen LogP) is 3.31. The summed E-state index contributed by atoms with van der Waals surface area (Å²) < 4.78 is 9.45. The summed E-state index contributed by atoms with van der Waals surface area (Å²) in [5.41, 5.74) is 2.10. The Morgan fingerprint density at radius 3 is 2.41 bits per heavy atom. The van der Waals surface area contributed by atoms with E-state index in [0.717, 1.165) is 42.5 Å². The minimum Gasteiger partial charge on any atom is -0.490 e. The van der Waals surface area contributed by atoms with Crippen molar-refractivity contribution in [3.8, 4) is 5.75 Å². The fraction of sp³-hybridized carbons (Fsp3) is 0.391. The van der Waals surface area contributed by atoms with Gasteiger partial charge in [0.2, 0.25) is 0 Å². The van der Waals surface area contributed by atoms with Gasteiger partial charge < -0.3 is 19.2 Å². The Morgan fingerprint density at radius 2 is 1.72 bits per heavy atom. The molecule has 1 amide bonds. The molecule has 2 heterocycles. The molecule has 0 bridgehead atoms. The fourth-order valence-corrected chi connectivity index (χ4v) is 4.36. The van der Waals surface area contributed by atoms with Gasteiger partial charge in [-0.2, -0.15) is 0 Å². The average Bonchev–Trinajstić information content (AvgIpc) is 3.06. The maximum absolute atomic E-state index is 13.0. The third kappa shape index (κ3) is 3.79. The van der Waals surface area contributed by atoms with Gasteiger partial charge in [-0.3, -0.25) is 9.59 Å². The highest BCUT2D eigenvalue weighted by molar-refractivity contribution is 6.07. The summed E-state index contributed by atoms with van der Waals surface area (Å²) in [5.74, 6) is 0.715. The molecule has 6 nitrogen and oxygen atoms in total. The van der Waals surface area contributed by atoms with Crippen molar-refractivity contribution in [2.45, 2.75) is 44.8 Å². The Bertz CT molecular complexity index is 1090. The Hall–Kier alpha value is -3.02. The van der Waals surface area contributed by atoms with Crippen LogP contribution in [0.1, 0.15) is 41.6 Å². The van der Waals surface area contributed by atoms with Gasteiger partial charge in [-0.1, -0.05) is 18.2 Å². The summed E-state index contributed by atoms with van der Waals surface area (Å²) in [6, 6.07) is 9.95. The van der Waals surface area contributed by atoms with Crippen molar-refractivity contribution in [1.29, 1.82) is 0 Å². The number of para-hydroxylation sites is 1. The van der Waals surface area contributed by atoms with Crippen molar-refractivity contribution in [1.82, 2.24) is 14.5 Å². The standard InChI is InChI=1S/C23H27N3O3/c1-15-13-26(3)23(28)20-19(14-25(2)21(15)20)22(27)24-16-9-11-18(12-10-16)29-17-7-5-4-6-8-17/h4-8,13-14,16,18H,9-12H2,1-3H3,(H,24,27). The number of aromatic nitrogens is 2. The predicted molar refractivity (Wildman–Crippen MR) is 113 cm³/mol. The van der Waals surface area contributed by atoms with Crippen LogP contribution in [0.4, 0.5) is 0 Å². The number of ether oxygens (including phenoxy) is 1. The van der Waals surface area contributed by atoms with Gasteiger partial charge in [-0.25, -0.2) is 0 Å². The van der Waals surface area contributed by atoms with E-state index in [-0.39, 0.29) is 23.6 Å². The number of nitrogens with one attached hydrogen (secondary N) is 1. The van der Waals surface area contributed by atoms with E-state index >= 15 is 0 Å². The highest BCUT2D eigenvalue weighted by Crippen LogP contribution is 2.25. The molecule has 0 unspecified atom stereocenters. The van der Waals surface area contributed by atoms with Crippen LogP contribution in [0.15, 0.2) is 47.5 Å². The maximum Gasteiger partial charge on any atom is 0.260 e. The van der Waals surface area contributed by atoms with Crippen LogP contribution in [-0.4, -0.2) is 27.2 Å². The van der Waals surface area contributed by atoms with E-state index in [1.54, 1.807) is 24.0 Å². The van der Waals surface area contributed by atoms with Gasteiger partial charge in [0.25, 0.3) is 11.5 Å². The van der Waals surface area contributed by atoms with Gasteiger partial charge >= 0.3 is 0 Å². The molecule has 152 valence electrons. The molecule has 6 heteroatoms. The second kappa shape index (κ2) is 7.78. The first-order valence-corrected chi connectivity index (χ1v) is 10.1. The van der Waals surface area contributed by atoms with Gasteiger partial charge in [0, 0.05) is 32.5 Å². The van der Waals surface area contributed by atoms with E-state index in [4.69, 9.17) is 4.74 Å². The largest absolute Gasteiger partial charge is 0.490 e. The Balaban J connectivity index is 1.45. The zero-order valence-corrected chi connectivity index (χ0v) is 17.1. The fourth-order valence-electron chi connectivity index (χ4n) is 4.36. The van der Waals surface area contributed by atoms with Gasteiger partial charge in [-0.15, -0.1) is 0 Å². The maximum atomic E-state index is 13.0. The summed E-state index contributed by atoms with van der Waals surface area (Å²) in [7, 11) is 3.59. The number of hydrogen-bond donors (Lipinski definition) is 1. The third-order valence-electron chi connectivity index (χ3n) is 5.78. The molecule has 0 atom stereocenters. The number of carbonyl (C=O) groups excluding carboxylic acids is 1. The lowest BCUT2D eigenvalue weighted by atomic mass is 9.92. The number of rotatable bonds is 4. The summed E-state index contributed by atoms with van der Waals surface area (Å²) in [4.78, 5) is 25.7. The van der Waals surface area contributed by atoms with Gasteiger partial charge in [-0.05, 0) is 50.3 Å². The molecule has 1 aliphatic rings. The lowest BCUT2D eigenvalue weighted by Crippen LogP contribution is -2.40. The average molecular weight is 393 g/mol. The van der Waals surface area contributed by atoms with Crippen LogP contribution >= 0.6 is 0 Å². The number of aryl methyl sites for hydroxylation is 3. The zero-order chi connectivity index (χ0) is 20.5. The van der Waals surface area contributed by atoms with Crippen molar-refractivity contribution in [3.05, 3.63) is 64.2 Å². The summed E-state index contributed by atoms with van der Waals surface area (Å²) >= 11 is 0. The van der Waals surface area contributed by atoms with Crippen molar-refractivity contribution >= 4 is 16.8 Å². The van der Waals surface area contributed by atoms with E-state index < -0.39 is 0 Å². The minimum atomic E-state index is -0.175. The smallest absolute Gasteiger partial charge is 0.260 e. The monoisotopic (exact) mass is 393 g/mol. The Labute approximate surface area is 170 Å². The van der Waals surface area contributed by atoms with E-state index in [1.807, 2.05) is 48.9 Å².